The van der Waals surface area contributed by atoms with Crippen LogP contribution in [0.1, 0.15) is 25.7 Å². The molecule has 1 amide bonds. The van der Waals surface area contributed by atoms with Crippen molar-refractivity contribution in [3.8, 4) is 0 Å². The van der Waals surface area contributed by atoms with Crippen molar-refractivity contribution in [2.45, 2.75) is 31.7 Å². The number of amides is 1. The molecule has 2 heterocycles. The number of carbonyl (C=O) groups is 2. The number of carboxylic acid groups (broad SMARTS) is 1. The third-order valence-corrected chi connectivity index (χ3v) is 3.44. The Morgan fingerprint density at radius 3 is 2.69 bits per heavy atom. The Labute approximate surface area is 94.8 Å². The first-order chi connectivity index (χ1) is 7.68. The van der Waals surface area contributed by atoms with Crippen LogP contribution in [0.4, 0.5) is 0 Å². The third-order valence-electron chi connectivity index (χ3n) is 3.44. The molecule has 0 aromatic carbocycles. The molecule has 2 aliphatic heterocycles. The Balaban J connectivity index is 1.93. The van der Waals surface area contributed by atoms with Crippen LogP contribution in [0.15, 0.2) is 0 Å². The fraction of sp³-hybridized carbons (Fsp3) is 0.818. The molecule has 2 rings (SSSR count). The zero-order valence-electron chi connectivity index (χ0n) is 9.32. The second-order valence-electron chi connectivity index (χ2n) is 4.61. The van der Waals surface area contributed by atoms with Gasteiger partial charge in [0.25, 0.3) is 0 Å². The standard InChI is InChI=1S/C11H18N2O3/c14-10(9-4-1-5-12-9)13-6-2-3-8(7-13)11(15)16/h8-9,12H,1-7H2,(H,15,16)/t8-,9?/m1/s1. The summed E-state index contributed by atoms with van der Waals surface area (Å²) in [6, 6.07) is -0.0763. The van der Waals surface area contributed by atoms with Crippen molar-refractivity contribution >= 4 is 11.9 Å². The highest BCUT2D eigenvalue weighted by atomic mass is 16.4. The lowest BCUT2D eigenvalue weighted by Crippen LogP contribution is -2.49. The number of nitrogens with one attached hydrogen (secondary N) is 1. The Bertz CT molecular complexity index is 287. The summed E-state index contributed by atoms with van der Waals surface area (Å²) >= 11 is 0. The molecule has 0 saturated carbocycles. The number of hydrogen-bond donors (Lipinski definition) is 2. The Hall–Kier alpha value is -1.10. The number of carboxylic acids is 1. The molecule has 16 heavy (non-hydrogen) atoms. The maximum absolute atomic E-state index is 12.0. The van der Waals surface area contributed by atoms with Crippen LogP contribution < -0.4 is 5.32 Å². The number of hydrogen-bond acceptors (Lipinski definition) is 3. The lowest BCUT2D eigenvalue weighted by atomic mass is 9.97. The van der Waals surface area contributed by atoms with Gasteiger partial charge in [0.15, 0.2) is 0 Å². The number of carbonyl (C=O) groups excluding carboxylic acids is 1. The maximum atomic E-state index is 12.0. The minimum atomic E-state index is -0.781. The normalized spacial score (nSPS) is 30.4. The smallest absolute Gasteiger partial charge is 0.308 e. The van der Waals surface area contributed by atoms with Gasteiger partial charge in [0.05, 0.1) is 12.0 Å². The first-order valence-electron chi connectivity index (χ1n) is 5.93. The van der Waals surface area contributed by atoms with Crippen molar-refractivity contribution in [1.82, 2.24) is 10.2 Å². The summed E-state index contributed by atoms with van der Waals surface area (Å²) in [5.41, 5.74) is 0. The van der Waals surface area contributed by atoms with Gasteiger partial charge in [-0.2, -0.15) is 0 Å². The highest BCUT2D eigenvalue weighted by Gasteiger charge is 2.32. The molecule has 0 aromatic heterocycles. The number of rotatable bonds is 2. The zero-order valence-corrected chi connectivity index (χ0v) is 9.32. The van der Waals surface area contributed by atoms with Crippen molar-refractivity contribution < 1.29 is 14.7 Å². The second-order valence-corrected chi connectivity index (χ2v) is 4.61. The number of piperidine rings is 1. The van der Waals surface area contributed by atoms with Gasteiger partial charge in [-0.05, 0) is 32.2 Å². The van der Waals surface area contributed by atoms with Gasteiger partial charge in [0.2, 0.25) is 5.91 Å². The maximum Gasteiger partial charge on any atom is 0.308 e. The molecule has 0 aliphatic carbocycles. The number of aliphatic carboxylic acids is 1. The lowest BCUT2D eigenvalue weighted by molar-refractivity contribution is -0.146. The predicted molar refractivity (Wildman–Crippen MR) is 58.0 cm³/mol. The summed E-state index contributed by atoms with van der Waals surface area (Å²) in [6.07, 6.45) is 3.41. The van der Waals surface area contributed by atoms with E-state index in [-0.39, 0.29) is 17.9 Å². The van der Waals surface area contributed by atoms with E-state index in [0.29, 0.717) is 19.5 Å². The summed E-state index contributed by atoms with van der Waals surface area (Å²) in [4.78, 5) is 24.6. The van der Waals surface area contributed by atoms with Crippen LogP contribution in [-0.4, -0.2) is 47.6 Å². The molecule has 5 heteroatoms. The lowest BCUT2D eigenvalue weighted by Gasteiger charge is -2.32. The molecule has 0 spiro atoms. The average molecular weight is 226 g/mol. The van der Waals surface area contributed by atoms with Crippen LogP contribution in [-0.2, 0) is 9.59 Å². The van der Waals surface area contributed by atoms with E-state index in [9.17, 15) is 9.59 Å². The first-order valence-corrected chi connectivity index (χ1v) is 5.93. The van der Waals surface area contributed by atoms with E-state index in [0.717, 1.165) is 25.8 Å². The zero-order chi connectivity index (χ0) is 11.5. The van der Waals surface area contributed by atoms with E-state index >= 15 is 0 Å². The first kappa shape index (κ1) is 11.4. The molecule has 2 aliphatic rings. The molecular formula is C11H18N2O3. The van der Waals surface area contributed by atoms with Gasteiger partial charge < -0.3 is 15.3 Å². The van der Waals surface area contributed by atoms with Crippen molar-refractivity contribution in [2.24, 2.45) is 5.92 Å². The van der Waals surface area contributed by atoms with E-state index in [4.69, 9.17) is 5.11 Å². The third kappa shape index (κ3) is 2.35. The molecule has 0 bridgehead atoms. The molecule has 2 N–H and O–H groups in total. The average Bonchev–Trinajstić information content (AvgIpc) is 2.81. The molecule has 90 valence electrons. The molecule has 2 fully saturated rings. The van der Waals surface area contributed by atoms with Gasteiger partial charge in [-0.1, -0.05) is 0 Å². The molecule has 1 unspecified atom stereocenters. The fourth-order valence-corrected chi connectivity index (χ4v) is 2.49. The summed E-state index contributed by atoms with van der Waals surface area (Å²) in [6.45, 7) is 1.99. The summed E-state index contributed by atoms with van der Waals surface area (Å²) in [7, 11) is 0. The second kappa shape index (κ2) is 4.82. The van der Waals surface area contributed by atoms with Crippen LogP contribution in [0.5, 0.6) is 0 Å². The highest BCUT2D eigenvalue weighted by Crippen LogP contribution is 2.19. The van der Waals surface area contributed by atoms with E-state index in [1.54, 1.807) is 4.90 Å². The van der Waals surface area contributed by atoms with Gasteiger partial charge in [-0.25, -0.2) is 0 Å². The fourth-order valence-electron chi connectivity index (χ4n) is 2.49. The minimum Gasteiger partial charge on any atom is -0.481 e. The van der Waals surface area contributed by atoms with E-state index < -0.39 is 5.97 Å². The Kier molecular flexibility index (Phi) is 3.43. The summed E-state index contributed by atoms with van der Waals surface area (Å²) < 4.78 is 0. The van der Waals surface area contributed by atoms with Crippen molar-refractivity contribution in [1.29, 1.82) is 0 Å². The molecule has 2 atom stereocenters. The molecule has 2 saturated heterocycles. The van der Waals surface area contributed by atoms with Crippen LogP contribution in [0.25, 0.3) is 0 Å². The van der Waals surface area contributed by atoms with Gasteiger partial charge in [0, 0.05) is 13.1 Å². The van der Waals surface area contributed by atoms with Crippen LogP contribution in [0.2, 0.25) is 0 Å². The van der Waals surface area contributed by atoms with Crippen molar-refractivity contribution in [3.05, 3.63) is 0 Å². The summed E-state index contributed by atoms with van der Waals surface area (Å²) in [5.74, 6) is -1.07. The van der Waals surface area contributed by atoms with Crippen molar-refractivity contribution in [3.63, 3.8) is 0 Å². The van der Waals surface area contributed by atoms with Gasteiger partial charge in [0.1, 0.15) is 0 Å². The highest BCUT2D eigenvalue weighted by molar-refractivity contribution is 5.83. The van der Waals surface area contributed by atoms with Crippen LogP contribution >= 0.6 is 0 Å². The van der Waals surface area contributed by atoms with Crippen molar-refractivity contribution in [2.75, 3.05) is 19.6 Å². The van der Waals surface area contributed by atoms with Gasteiger partial charge >= 0.3 is 5.97 Å². The van der Waals surface area contributed by atoms with Crippen LogP contribution in [0.3, 0.4) is 0 Å². The Morgan fingerprint density at radius 1 is 1.25 bits per heavy atom. The van der Waals surface area contributed by atoms with E-state index in [1.807, 2.05) is 0 Å². The summed E-state index contributed by atoms with van der Waals surface area (Å²) in [5, 5.41) is 12.1. The molecule has 0 aromatic rings. The quantitative estimate of drug-likeness (QED) is 0.698. The molecular weight excluding hydrogens is 208 g/mol. The predicted octanol–water partition coefficient (Wildman–Crippen LogP) is 0.0616. The van der Waals surface area contributed by atoms with Gasteiger partial charge in [-0.3, -0.25) is 9.59 Å². The SMILES string of the molecule is O=C(O)[C@@H]1CCCN(C(=O)C2CCCN2)C1. The largest absolute Gasteiger partial charge is 0.481 e. The van der Waals surface area contributed by atoms with E-state index in [1.165, 1.54) is 0 Å². The number of likely N-dealkylation sites (tertiary alicyclic amines) is 1. The minimum absolute atomic E-state index is 0.0763. The topological polar surface area (TPSA) is 69.6 Å². The van der Waals surface area contributed by atoms with E-state index in [2.05, 4.69) is 5.32 Å². The number of nitrogens with zero attached hydrogens (tertiary/aromatic N) is 1. The van der Waals surface area contributed by atoms with Gasteiger partial charge in [-0.15, -0.1) is 0 Å². The van der Waals surface area contributed by atoms with Crippen LogP contribution in [0, 0.1) is 5.92 Å². The Morgan fingerprint density at radius 2 is 2.06 bits per heavy atom. The molecule has 0 radical (unpaired) electrons. The monoisotopic (exact) mass is 226 g/mol. The molecule has 5 nitrogen and oxygen atoms in total.